The van der Waals surface area contributed by atoms with Gasteiger partial charge in [0.05, 0.1) is 0 Å². The summed E-state index contributed by atoms with van der Waals surface area (Å²) in [6, 6.07) is 0. The maximum absolute atomic E-state index is 8.03. The lowest BCUT2D eigenvalue weighted by molar-refractivity contribution is 0.134. The van der Waals surface area contributed by atoms with Crippen LogP contribution in [-0.4, -0.2) is 22.9 Å². The summed E-state index contributed by atoms with van der Waals surface area (Å²) >= 11 is 0. The molecule has 0 aromatic rings. The largest absolute Gasteiger partial charge is 0.370 e. The highest BCUT2D eigenvalue weighted by Gasteiger charge is 2.32. The van der Waals surface area contributed by atoms with Gasteiger partial charge in [0.2, 0.25) is 0 Å². The molecular formula is C17H37N3. The summed E-state index contributed by atoms with van der Waals surface area (Å²) in [6.45, 7) is 12.2. The lowest BCUT2D eigenvalue weighted by Gasteiger charge is -2.44. The third-order valence-electron chi connectivity index (χ3n) is 4.35. The summed E-state index contributed by atoms with van der Waals surface area (Å²) in [5.74, 6) is 0.925. The molecule has 0 aromatic carbocycles. The van der Waals surface area contributed by atoms with Crippen molar-refractivity contribution in [3.63, 3.8) is 0 Å². The fourth-order valence-corrected chi connectivity index (χ4v) is 3.48. The van der Waals surface area contributed by atoms with Crippen LogP contribution in [0.1, 0.15) is 86.0 Å². The van der Waals surface area contributed by atoms with Crippen LogP contribution < -0.4 is 5.73 Å². The van der Waals surface area contributed by atoms with Gasteiger partial charge in [-0.25, -0.2) is 0 Å². The van der Waals surface area contributed by atoms with Crippen LogP contribution in [0.3, 0.4) is 0 Å². The molecular weight excluding hydrogens is 246 g/mol. The highest BCUT2D eigenvalue weighted by Crippen LogP contribution is 2.29. The van der Waals surface area contributed by atoms with Crippen molar-refractivity contribution in [2.45, 2.75) is 91.5 Å². The number of nitrogens with zero attached hydrogens (tertiary/aromatic N) is 1. The molecule has 0 aliphatic rings. The van der Waals surface area contributed by atoms with Crippen LogP contribution in [0.25, 0.3) is 0 Å². The molecule has 0 aromatic heterocycles. The van der Waals surface area contributed by atoms with Crippen LogP contribution in [0.4, 0.5) is 0 Å². The van der Waals surface area contributed by atoms with Crippen LogP contribution in [0.2, 0.25) is 0 Å². The summed E-state index contributed by atoms with van der Waals surface area (Å²) in [6.07, 6.45) is 9.44. The monoisotopic (exact) mass is 283 g/mol. The normalized spacial score (nSPS) is 11.9. The lowest BCUT2D eigenvalue weighted by Crippen LogP contribution is -2.54. The summed E-state index contributed by atoms with van der Waals surface area (Å²) in [5.41, 5.74) is 5.98. The number of nitrogens with one attached hydrogen (secondary N) is 1. The first-order valence-electron chi connectivity index (χ1n) is 8.56. The number of hydrogen-bond donors (Lipinski definition) is 2. The van der Waals surface area contributed by atoms with Gasteiger partial charge in [0.1, 0.15) is 0 Å². The van der Waals surface area contributed by atoms with Crippen LogP contribution in [-0.2, 0) is 0 Å². The van der Waals surface area contributed by atoms with Gasteiger partial charge in [-0.1, -0.05) is 53.4 Å². The Kier molecular flexibility index (Phi) is 9.70. The zero-order valence-electron chi connectivity index (χ0n) is 14.5. The number of hydrogen-bond acceptors (Lipinski definition) is 1. The van der Waals surface area contributed by atoms with E-state index in [4.69, 9.17) is 11.1 Å². The average molecular weight is 284 g/mol. The Morgan fingerprint density at radius 3 is 1.75 bits per heavy atom. The van der Waals surface area contributed by atoms with E-state index >= 15 is 0 Å². The van der Waals surface area contributed by atoms with E-state index in [-0.39, 0.29) is 11.5 Å². The van der Waals surface area contributed by atoms with Crippen molar-refractivity contribution in [2.24, 2.45) is 11.7 Å². The summed E-state index contributed by atoms with van der Waals surface area (Å²) in [4.78, 5) is 2.19. The van der Waals surface area contributed by atoms with Crippen molar-refractivity contribution >= 4 is 5.96 Å². The molecule has 0 aliphatic carbocycles. The average Bonchev–Trinajstić information content (AvgIpc) is 2.36. The van der Waals surface area contributed by atoms with Crippen LogP contribution in [0.5, 0.6) is 0 Å². The minimum Gasteiger partial charge on any atom is -0.370 e. The van der Waals surface area contributed by atoms with Gasteiger partial charge in [-0.3, -0.25) is 5.41 Å². The van der Waals surface area contributed by atoms with E-state index in [0.29, 0.717) is 5.92 Å². The highest BCUT2D eigenvalue weighted by molar-refractivity contribution is 5.75. The van der Waals surface area contributed by atoms with Crippen molar-refractivity contribution in [2.75, 3.05) is 6.54 Å². The number of rotatable bonds is 11. The van der Waals surface area contributed by atoms with E-state index in [1.807, 2.05) is 0 Å². The standard InChI is InChI=1S/C17H37N3/c1-6-10-15(11-7-2)14-20(16(18)19)17(5,12-8-3)13-9-4/h15H,6-14H2,1-5H3,(H3,18,19). The van der Waals surface area contributed by atoms with Gasteiger partial charge in [0.15, 0.2) is 5.96 Å². The van der Waals surface area contributed by atoms with Crippen LogP contribution in [0.15, 0.2) is 0 Å². The maximum Gasteiger partial charge on any atom is 0.188 e. The third kappa shape index (κ3) is 6.15. The first-order chi connectivity index (χ1) is 9.45. The summed E-state index contributed by atoms with van der Waals surface area (Å²) in [7, 11) is 0. The first kappa shape index (κ1) is 19.3. The molecule has 20 heavy (non-hydrogen) atoms. The smallest absolute Gasteiger partial charge is 0.188 e. The Bertz CT molecular complexity index is 251. The highest BCUT2D eigenvalue weighted by atomic mass is 15.3. The van der Waals surface area contributed by atoms with E-state index in [2.05, 4.69) is 39.5 Å². The van der Waals surface area contributed by atoms with Crippen molar-refractivity contribution in [1.29, 1.82) is 5.41 Å². The second-order valence-corrected chi connectivity index (χ2v) is 6.44. The van der Waals surface area contributed by atoms with Gasteiger partial charge in [0.25, 0.3) is 0 Å². The van der Waals surface area contributed by atoms with Crippen molar-refractivity contribution in [3.8, 4) is 0 Å². The fraction of sp³-hybridized carbons (Fsp3) is 0.941. The zero-order chi connectivity index (χ0) is 15.6. The van der Waals surface area contributed by atoms with E-state index in [0.717, 1.165) is 32.2 Å². The molecule has 0 spiro atoms. The molecule has 0 saturated heterocycles. The molecule has 0 fully saturated rings. The second kappa shape index (κ2) is 10.1. The van der Waals surface area contributed by atoms with Crippen molar-refractivity contribution < 1.29 is 0 Å². The van der Waals surface area contributed by atoms with E-state index in [9.17, 15) is 0 Å². The van der Waals surface area contributed by atoms with E-state index in [1.54, 1.807) is 0 Å². The second-order valence-electron chi connectivity index (χ2n) is 6.44. The number of guanidine groups is 1. The van der Waals surface area contributed by atoms with Crippen LogP contribution >= 0.6 is 0 Å². The molecule has 0 radical (unpaired) electrons. The molecule has 0 amide bonds. The fourth-order valence-electron chi connectivity index (χ4n) is 3.48. The SMILES string of the molecule is CCCC(CCC)CN(C(=N)N)C(C)(CCC)CCC. The van der Waals surface area contributed by atoms with Crippen LogP contribution in [0, 0.1) is 11.3 Å². The van der Waals surface area contributed by atoms with Gasteiger partial charge in [-0.15, -0.1) is 0 Å². The predicted octanol–water partition coefficient (Wildman–Crippen LogP) is 4.76. The molecule has 0 atom stereocenters. The predicted molar refractivity (Wildman–Crippen MR) is 90.1 cm³/mol. The third-order valence-corrected chi connectivity index (χ3v) is 4.35. The Morgan fingerprint density at radius 2 is 1.45 bits per heavy atom. The molecule has 3 heteroatoms. The molecule has 0 heterocycles. The maximum atomic E-state index is 8.03. The van der Waals surface area contributed by atoms with E-state index in [1.165, 1.54) is 25.7 Å². The van der Waals surface area contributed by atoms with Gasteiger partial charge in [-0.2, -0.15) is 0 Å². The Hall–Kier alpha value is -0.730. The minimum absolute atomic E-state index is 0.0507. The Labute approximate surface area is 126 Å². The first-order valence-corrected chi connectivity index (χ1v) is 8.56. The van der Waals surface area contributed by atoms with Crippen molar-refractivity contribution in [1.82, 2.24) is 4.90 Å². The van der Waals surface area contributed by atoms with Gasteiger partial charge in [-0.05, 0) is 38.5 Å². The Balaban J connectivity index is 5.02. The molecule has 3 nitrogen and oxygen atoms in total. The van der Waals surface area contributed by atoms with E-state index < -0.39 is 0 Å². The Morgan fingerprint density at radius 1 is 1.00 bits per heavy atom. The zero-order valence-corrected chi connectivity index (χ0v) is 14.5. The molecule has 0 aliphatic heterocycles. The molecule has 0 rings (SSSR count). The van der Waals surface area contributed by atoms with Crippen molar-refractivity contribution in [3.05, 3.63) is 0 Å². The quantitative estimate of drug-likeness (QED) is 0.424. The minimum atomic E-state index is 0.0507. The molecule has 3 N–H and O–H groups in total. The molecule has 0 bridgehead atoms. The van der Waals surface area contributed by atoms with Gasteiger partial charge >= 0.3 is 0 Å². The molecule has 0 unspecified atom stereocenters. The summed E-state index contributed by atoms with van der Waals surface area (Å²) < 4.78 is 0. The lowest BCUT2D eigenvalue weighted by atomic mass is 9.87. The topological polar surface area (TPSA) is 53.1 Å². The van der Waals surface area contributed by atoms with Gasteiger partial charge in [0, 0.05) is 12.1 Å². The molecule has 0 saturated carbocycles. The number of nitrogens with two attached hydrogens (primary N) is 1. The van der Waals surface area contributed by atoms with Gasteiger partial charge < -0.3 is 10.6 Å². The summed E-state index contributed by atoms with van der Waals surface area (Å²) in [5, 5.41) is 8.03. The molecule has 120 valence electrons.